The minimum absolute atomic E-state index is 0.706. The fourth-order valence-corrected chi connectivity index (χ4v) is 1.96. The highest BCUT2D eigenvalue weighted by atomic mass is 15.2. The van der Waals surface area contributed by atoms with E-state index in [0.717, 1.165) is 23.4 Å². The molecule has 3 heterocycles. The van der Waals surface area contributed by atoms with Crippen LogP contribution in [0.25, 0.3) is 5.52 Å². The molecule has 3 aromatic heterocycles. The Bertz CT molecular complexity index is 672. The van der Waals surface area contributed by atoms with E-state index < -0.39 is 0 Å². The van der Waals surface area contributed by atoms with Gasteiger partial charge in [0, 0.05) is 37.2 Å². The van der Waals surface area contributed by atoms with Crippen LogP contribution in [0.2, 0.25) is 0 Å². The van der Waals surface area contributed by atoms with Gasteiger partial charge in [-0.05, 0) is 19.1 Å². The summed E-state index contributed by atoms with van der Waals surface area (Å²) in [5.41, 5.74) is 4.19. The number of hydrogen-bond donors (Lipinski definition) is 1. The van der Waals surface area contributed by atoms with Crippen molar-refractivity contribution < 1.29 is 0 Å². The molecule has 19 heavy (non-hydrogen) atoms. The van der Waals surface area contributed by atoms with Crippen molar-refractivity contribution in [1.82, 2.24) is 24.9 Å². The van der Waals surface area contributed by atoms with Gasteiger partial charge in [-0.3, -0.25) is 9.97 Å². The van der Waals surface area contributed by atoms with Crippen LogP contribution >= 0.6 is 0 Å². The summed E-state index contributed by atoms with van der Waals surface area (Å²) in [4.78, 5) is 8.54. The molecule has 0 aromatic carbocycles. The van der Waals surface area contributed by atoms with Crippen molar-refractivity contribution in [3.63, 3.8) is 0 Å². The van der Waals surface area contributed by atoms with Gasteiger partial charge >= 0.3 is 0 Å². The summed E-state index contributed by atoms with van der Waals surface area (Å²) >= 11 is 0. The van der Waals surface area contributed by atoms with E-state index in [2.05, 4.69) is 26.4 Å². The summed E-state index contributed by atoms with van der Waals surface area (Å²) < 4.78 is 1.88. The second-order valence-electron chi connectivity index (χ2n) is 4.45. The average molecular weight is 253 g/mol. The molecule has 0 atom stereocenters. The van der Waals surface area contributed by atoms with E-state index in [1.54, 1.807) is 12.4 Å². The molecule has 0 spiro atoms. The molecule has 1 N–H and O–H groups in total. The quantitative estimate of drug-likeness (QED) is 0.769. The Balaban J connectivity index is 1.65. The summed E-state index contributed by atoms with van der Waals surface area (Å²) in [6.07, 6.45) is 7.43. The number of aromatic nitrogens is 4. The number of rotatable bonds is 4. The van der Waals surface area contributed by atoms with Crippen molar-refractivity contribution in [3.8, 4) is 0 Å². The summed E-state index contributed by atoms with van der Waals surface area (Å²) in [6.45, 7) is 3.41. The molecule has 0 saturated carbocycles. The van der Waals surface area contributed by atoms with Crippen LogP contribution in [-0.4, -0.2) is 19.6 Å². The molecule has 0 bridgehead atoms. The van der Waals surface area contributed by atoms with Crippen LogP contribution < -0.4 is 5.32 Å². The largest absolute Gasteiger partial charge is 0.307 e. The van der Waals surface area contributed by atoms with E-state index in [1.807, 2.05) is 36.0 Å². The number of nitrogens with one attached hydrogen (secondary N) is 1. The molecule has 5 nitrogen and oxygen atoms in total. The predicted molar refractivity (Wildman–Crippen MR) is 72.5 cm³/mol. The summed E-state index contributed by atoms with van der Waals surface area (Å²) in [5, 5.41) is 7.66. The van der Waals surface area contributed by atoms with Gasteiger partial charge in [0.15, 0.2) is 0 Å². The maximum absolute atomic E-state index is 4.31. The smallest absolute Gasteiger partial charge is 0.0724 e. The van der Waals surface area contributed by atoms with Crippen molar-refractivity contribution in [2.75, 3.05) is 0 Å². The second-order valence-corrected chi connectivity index (χ2v) is 4.45. The summed E-state index contributed by atoms with van der Waals surface area (Å²) in [7, 11) is 0. The summed E-state index contributed by atoms with van der Waals surface area (Å²) in [5.74, 6) is 0. The van der Waals surface area contributed by atoms with E-state index in [1.165, 1.54) is 5.56 Å². The Kier molecular flexibility index (Phi) is 3.20. The lowest BCUT2D eigenvalue weighted by atomic mass is 10.2. The molecule has 0 saturated heterocycles. The highest BCUT2D eigenvalue weighted by molar-refractivity contribution is 5.53. The Morgan fingerprint density at radius 1 is 1.11 bits per heavy atom. The molecule has 96 valence electrons. The Hall–Kier alpha value is -2.27. The fraction of sp³-hybridized carbons (Fsp3) is 0.214. The monoisotopic (exact) mass is 253 g/mol. The molecule has 0 amide bonds. The van der Waals surface area contributed by atoms with E-state index in [4.69, 9.17) is 0 Å². The number of hydrogen-bond acceptors (Lipinski definition) is 4. The standard InChI is InChI=1S/C14H15N5/c1-11-6-17-13(10-16-11)9-15-7-12-8-18-19-5-3-2-4-14(12)19/h2-6,8,10,15H,7,9H2,1H3. The lowest BCUT2D eigenvalue weighted by molar-refractivity contribution is 0.678. The van der Waals surface area contributed by atoms with Gasteiger partial charge in [0.1, 0.15) is 0 Å². The topological polar surface area (TPSA) is 55.1 Å². The fourth-order valence-electron chi connectivity index (χ4n) is 1.96. The zero-order valence-electron chi connectivity index (χ0n) is 10.7. The van der Waals surface area contributed by atoms with E-state index in [-0.39, 0.29) is 0 Å². The highest BCUT2D eigenvalue weighted by Crippen LogP contribution is 2.09. The van der Waals surface area contributed by atoms with Gasteiger partial charge in [0.25, 0.3) is 0 Å². The van der Waals surface area contributed by atoms with Crippen LogP contribution in [0.4, 0.5) is 0 Å². The van der Waals surface area contributed by atoms with Crippen LogP contribution in [0.1, 0.15) is 17.0 Å². The molecule has 0 radical (unpaired) electrons. The van der Waals surface area contributed by atoms with Gasteiger partial charge in [0.05, 0.1) is 23.1 Å². The minimum atomic E-state index is 0.706. The highest BCUT2D eigenvalue weighted by Gasteiger charge is 2.02. The lowest BCUT2D eigenvalue weighted by Gasteiger charge is -2.03. The molecule has 0 aliphatic heterocycles. The molecular weight excluding hydrogens is 238 g/mol. The van der Waals surface area contributed by atoms with Crippen molar-refractivity contribution in [2.45, 2.75) is 20.0 Å². The molecule has 0 fully saturated rings. The lowest BCUT2D eigenvalue weighted by Crippen LogP contribution is -2.13. The molecule has 0 aliphatic rings. The Morgan fingerprint density at radius 3 is 2.89 bits per heavy atom. The Labute approximate surface area is 111 Å². The molecular formula is C14H15N5. The SMILES string of the molecule is Cc1cnc(CNCc2cnn3ccccc23)cn1. The van der Waals surface area contributed by atoms with Gasteiger partial charge in [-0.25, -0.2) is 4.52 Å². The van der Waals surface area contributed by atoms with Crippen LogP contribution in [0, 0.1) is 6.92 Å². The first kappa shape index (κ1) is 11.8. The van der Waals surface area contributed by atoms with Gasteiger partial charge < -0.3 is 5.32 Å². The van der Waals surface area contributed by atoms with E-state index in [9.17, 15) is 0 Å². The van der Waals surface area contributed by atoms with Crippen LogP contribution in [0.15, 0.2) is 43.0 Å². The first-order valence-corrected chi connectivity index (χ1v) is 6.22. The number of fused-ring (bicyclic) bond motifs is 1. The van der Waals surface area contributed by atoms with Crippen LogP contribution in [-0.2, 0) is 13.1 Å². The predicted octanol–water partition coefficient (Wildman–Crippen LogP) is 1.72. The Morgan fingerprint density at radius 2 is 2.05 bits per heavy atom. The number of aryl methyl sites for hydroxylation is 1. The van der Waals surface area contributed by atoms with Crippen LogP contribution in [0.5, 0.6) is 0 Å². The van der Waals surface area contributed by atoms with Crippen molar-refractivity contribution in [1.29, 1.82) is 0 Å². The van der Waals surface area contributed by atoms with Gasteiger partial charge in [0.2, 0.25) is 0 Å². The first-order chi connectivity index (χ1) is 9.33. The number of nitrogens with zero attached hydrogens (tertiary/aromatic N) is 4. The third-order valence-corrected chi connectivity index (χ3v) is 2.96. The molecule has 3 rings (SSSR count). The van der Waals surface area contributed by atoms with E-state index in [0.29, 0.717) is 6.54 Å². The minimum Gasteiger partial charge on any atom is -0.307 e. The van der Waals surface area contributed by atoms with Gasteiger partial charge in [-0.2, -0.15) is 5.10 Å². The molecule has 0 aliphatic carbocycles. The molecule has 0 unspecified atom stereocenters. The molecule has 3 aromatic rings. The van der Waals surface area contributed by atoms with Gasteiger partial charge in [-0.1, -0.05) is 6.07 Å². The van der Waals surface area contributed by atoms with Crippen molar-refractivity contribution >= 4 is 5.52 Å². The van der Waals surface area contributed by atoms with Crippen molar-refractivity contribution in [2.24, 2.45) is 0 Å². The average Bonchev–Trinajstić information content (AvgIpc) is 2.85. The zero-order valence-corrected chi connectivity index (χ0v) is 10.7. The van der Waals surface area contributed by atoms with Gasteiger partial charge in [-0.15, -0.1) is 0 Å². The van der Waals surface area contributed by atoms with E-state index >= 15 is 0 Å². The maximum atomic E-state index is 4.31. The first-order valence-electron chi connectivity index (χ1n) is 6.22. The van der Waals surface area contributed by atoms with Crippen LogP contribution in [0.3, 0.4) is 0 Å². The maximum Gasteiger partial charge on any atom is 0.0724 e. The molecule has 5 heteroatoms. The summed E-state index contributed by atoms with van der Waals surface area (Å²) in [6, 6.07) is 6.06. The normalized spacial score (nSPS) is 11.0. The zero-order chi connectivity index (χ0) is 13.1. The third kappa shape index (κ3) is 2.61. The number of pyridine rings is 1. The van der Waals surface area contributed by atoms with Crippen molar-refractivity contribution in [3.05, 3.63) is 59.9 Å². The third-order valence-electron chi connectivity index (χ3n) is 2.96. The second kappa shape index (κ2) is 5.16.